The Balaban J connectivity index is 2.56. The molecule has 0 aliphatic carbocycles. The third kappa shape index (κ3) is 2.13. The number of nitrogens with zero attached hydrogens (tertiary/aromatic N) is 2. The van der Waals surface area contributed by atoms with Gasteiger partial charge in [-0.25, -0.2) is 14.2 Å². The van der Waals surface area contributed by atoms with E-state index in [0.717, 1.165) is 17.2 Å². The van der Waals surface area contributed by atoms with Crippen LogP contribution in [0.2, 0.25) is 0 Å². The first kappa shape index (κ1) is 13.3. The number of carboxylic acid groups (broad SMARTS) is 1. The predicted molar refractivity (Wildman–Crippen MR) is 61.7 cm³/mol. The SMILES string of the molecule is O=C(O)N1[C@H](CO)C[C@@H](O)[C@@H]1n1c(=O)cc[nH]c1=O. The van der Waals surface area contributed by atoms with Crippen molar-refractivity contribution in [2.75, 3.05) is 6.61 Å². The Bertz CT molecular complexity index is 565. The Kier molecular flexibility index (Phi) is 3.40. The Labute approximate surface area is 106 Å². The average Bonchev–Trinajstić information content (AvgIpc) is 2.66. The summed E-state index contributed by atoms with van der Waals surface area (Å²) in [7, 11) is 0. The molecule has 0 saturated carbocycles. The minimum Gasteiger partial charge on any atom is -0.465 e. The Morgan fingerprint density at radius 3 is 2.68 bits per heavy atom. The molecule has 9 nitrogen and oxygen atoms in total. The standard InChI is InChI=1S/C10H13N3O6/c14-4-5-3-6(15)8(12(5)10(18)19)13-7(16)1-2-11-9(13)17/h1-2,5-6,8,14-15H,3-4H2,(H,11,17)(H,18,19)/t5-,6+,8-/m0/s1. The van der Waals surface area contributed by atoms with Crippen molar-refractivity contribution in [2.24, 2.45) is 0 Å². The zero-order chi connectivity index (χ0) is 14.2. The molecule has 0 unspecified atom stereocenters. The van der Waals surface area contributed by atoms with Crippen molar-refractivity contribution in [2.45, 2.75) is 24.7 Å². The van der Waals surface area contributed by atoms with Crippen LogP contribution in [-0.4, -0.2) is 54.6 Å². The second kappa shape index (κ2) is 4.86. The highest BCUT2D eigenvalue weighted by Crippen LogP contribution is 2.30. The van der Waals surface area contributed by atoms with Gasteiger partial charge in [0.05, 0.1) is 18.8 Å². The van der Waals surface area contributed by atoms with E-state index < -0.39 is 42.3 Å². The molecule has 1 aliphatic heterocycles. The van der Waals surface area contributed by atoms with Crippen molar-refractivity contribution in [1.29, 1.82) is 0 Å². The van der Waals surface area contributed by atoms with Gasteiger partial charge in [0.1, 0.15) is 6.17 Å². The molecule has 2 rings (SSSR count). The first-order valence-electron chi connectivity index (χ1n) is 5.57. The molecule has 1 fully saturated rings. The summed E-state index contributed by atoms with van der Waals surface area (Å²) >= 11 is 0. The topological polar surface area (TPSA) is 136 Å². The molecule has 1 aromatic rings. The molecule has 1 amide bonds. The number of aromatic nitrogens is 2. The van der Waals surface area contributed by atoms with Crippen LogP contribution in [0, 0.1) is 0 Å². The van der Waals surface area contributed by atoms with Gasteiger partial charge in [-0.15, -0.1) is 0 Å². The molecule has 1 aliphatic rings. The third-order valence-electron chi connectivity index (χ3n) is 3.12. The van der Waals surface area contributed by atoms with Crippen molar-refractivity contribution in [3.8, 4) is 0 Å². The maximum atomic E-state index is 11.7. The zero-order valence-corrected chi connectivity index (χ0v) is 9.76. The van der Waals surface area contributed by atoms with E-state index >= 15 is 0 Å². The molecule has 2 heterocycles. The fourth-order valence-corrected chi connectivity index (χ4v) is 2.33. The number of hydrogen-bond donors (Lipinski definition) is 4. The maximum Gasteiger partial charge on any atom is 0.409 e. The van der Waals surface area contributed by atoms with Crippen LogP contribution in [0.25, 0.3) is 0 Å². The molecule has 0 spiro atoms. The van der Waals surface area contributed by atoms with Crippen LogP contribution in [0.15, 0.2) is 21.9 Å². The molecule has 1 saturated heterocycles. The van der Waals surface area contributed by atoms with Crippen molar-refractivity contribution in [3.63, 3.8) is 0 Å². The number of rotatable bonds is 2. The fourth-order valence-electron chi connectivity index (χ4n) is 2.33. The van der Waals surface area contributed by atoms with Crippen LogP contribution in [0.1, 0.15) is 12.6 Å². The van der Waals surface area contributed by atoms with E-state index in [-0.39, 0.29) is 6.42 Å². The third-order valence-corrected chi connectivity index (χ3v) is 3.12. The lowest BCUT2D eigenvalue weighted by molar-refractivity contribution is 0.0479. The molecule has 4 N–H and O–H groups in total. The smallest absolute Gasteiger partial charge is 0.409 e. The molecule has 19 heavy (non-hydrogen) atoms. The van der Waals surface area contributed by atoms with Gasteiger partial charge < -0.3 is 20.3 Å². The number of H-pyrrole nitrogens is 1. The van der Waals surface area contributed by atoms with E-state index in [1.54, 1.807) is 0 Å². The van der Waals surface area contributed by atoms with Crippen LogP contribution >= 0.6 is 0 Å². The molecule has 0 aromatic carbocycles. The Morgan fingerprint density at radius 1 is 1.47 bits per heavy atom. The van der Waals surface area contributed by atoms with Gasteiger partial charge in [-0.3, -0.25) is 9.69 Å². The summed E-state index contributed by atoms with van der Waals surface area (Å²) in [5.41, 5.74) is -1.54. The first-order chi connectivity index (χ1) is 8.97. The Morgan fingerprint density at radius 2 is 2.16 bits per heavy atom. The van der Waals surface area contributed by atoms with E-state index in [0.29, 0.717) is 4.57 Å². The Hall–Kier alpha value is -2.13. The van der Waals surface area contributed by atoms with Crippen LogP contribution in [0.4, 0.5) is 4.79 Å². The quantitative estimate of drug-likeness (QED) is 0.498. The fraction of sp³-hybridized carbons (Fsp3) is 0.500. The van der Waals surface area contributed by atoms with Gasteiger partial charge in [-0.05, 0) is 0 Å². The van der Waals surface area contributed by atoms with Gasteiger partial charge in [-0.2, -0.15) is 0 Å². The van der Waals surface area contributed by atoms with Crippen LogP contribution in [0.3, 0.4) is 0 Å². The minimum atomic E-state index is -1.42. The number of carbonyl (C=O) groups is 1. The summed E-state index contributed by atoms with van der Waals surface area (Å²) < 4.78 is 0.633. The van der Waals surface area contributed by atoms with Crippen molar-refractivity contribution in [3.05, 3.63) is 33.1 Å². The van der Waals surface area contributed by atoms with E-state index in [4.69, 9.17) is 10.2 Å². The average molecular weight is 271 g/mol. The number of aliphatic hydroxyl groups excluding tert-OH is 2. The maximum absolute atomic E-state index is 11.7. The van der Waals surface area contributed by atoms with E-state index in [1.165, 1.54) is 0 Å². The van der Waals surface area contributed by atoms with Gasteiger partial charge in [-0.1, -0.05) is 0 Å². The first-order valence-corrected chi connectivity index (χ1v) is 5.57. The molecule has 0 bridgehead atoms. The number of hydrogen-bond acceptors (Lipinski definition) is 5. The summed E-state index contributed by atoms with van der Waals surface area (Å²) in [5.74, 6) is 0. The summed E-state index contributed by atoms with van der Waals surface area (Å²) in [6, 6.07) is 0.199. The molecule has 1 aromatic heterocycles. The number of nitrogens with one attached hydrogen (secondary N) is 1. The van der Waals surface area contributed by atoms with E-state index in [1.807, 2.05) is 0 Å². The zero-order valence-electron chi connectivity index (χ0n) is 9.76. The van der Waals surface area contributed by atoms with E-state index in [2.05, 4.69) is 4.98 Å². The predicted octanol–water partition coefficient (Wildman–Crippen LogP) is -1.86. The monoisotopic (exact) mass is 271 g/mol. The molecular weight excluding hydrogens is 258 g/mol. The number of aromatic amines is 1. The summed E-state index contributed by atoms with van der Waals surface area (Å²) in [6.45, 7) is -0.501. The van der Waals surface area contributed by atoms with Gasteiger partial charge in [0.2, 0.25) is 0 Å². The summed E-state index contributed by atoms with van der Waals surface area (Å²) in [6.07, 6.45) is -2.91. The molecule has 9 heteroatoms. The van der Waals surface area contributed by atoms with Crippen LogP contribution < -0.4 is 11.2 Å². The van der Waals surface area contributed by atoms with Gasteiger partial charge in [0.15, 0.2) is 0 Å². The lowest BCUT2D eigenvalue weighted by atomic mass is 10.2. The van der Waals surface area contributed by atoms with Gasteiger partial charge >= 0.3 is 11.8 Å². The molecule has 104 valence electrons. The lowest BCUT2D eigenvalue weighted by Crippen LogP contribution is -2.49. The van der Waals surface area contributed by atoms with Crippen molar-refractivity contribution >= 4 is 6.09 Å². The largest absolute Gasteiger partial charge is 0.465 e. The van der Waals surface area contributed by atoms with Gasteiger partial charge in [0.25, 0.3) is 5.56 Å². The van der Waals surface area contributed by atoms with Crippen LogP contribution in [-0.2, 0) is 0 Å². The number of likely N-dealkylation sites (tertiary alicyclic amines) is 1. The number of amides is 1. The highest BCUT2D eigenvalue weighted by atomic mass is 16.4. The second-order valence-corrected chi connectivity index (χ2v) is 4.23. The van der Waals surface area contributed by atoms with Gasteiger partial charge in [0, 0.05) is 18.7 Å². The van der Waals surface area contributed by atoms with E-state index in [9.17, 15) is 19.5 Å². The highest BCUT2D eigenvalue weighted by molar-refractivity contribution is 5.66. The normalized spacial score (nSPS) is 26.6. The second-order valence-electron chi connectivity index (χ2n) is 4.23. The highest BCUT2D eigenvalue weighted by Gasteiger charge is 2.45. The summed E-state index contributed by atoms with van der Waals surface area (Å²) in [5, 5.41) is 28.1. The van der Waals surface area contributed by atoms with Crippen molar-refractivity contribution in [1.82, 2.24) is 14.5 Å². The van der Waals surface area contributed by atoms with Crippen molar-refractivity contribution < 1.29 is 20.1 Å². The summed E-state index contributed by atoms with van der Waals surface area (Å²) in [4.78, 5) is 37.5. The lowest BCUT2D eigenvalue weighted by Gasteiger charge is -2.27. The molecular formula is C10H13N3O6. The minimum absolute atomic E-state index is 0.0474. The molecule has 0 radical (unpaired) electrons. The number of aliphatic hydroxyl groups is 2. The molecule has 3 atom stereocenters. The van der Waals surface area contributed by atoms with Crippen LogP contribution in [0.5, 0.6) is 0 Å².